The van der Waals surface area contributed by atoms with E-state index >= 15 is 0 Å². The highest BCUT2D eigenvalue weighted by atomic mass is 16.3. The number of carbonyl (C=O) groups is 1. The van der Waals surface area contributed by atoms with Crippen molar-refractivity contribution in [3.05, 3.63) is 41.1 Å². The summed E-state index contributed by atoms with van der Waals surface area (Å²) in [5, 5.41) is 6.83. The van der Waals surface area contributed by atoms with Crippen LogP contribution in [0.3, 0.4) is 0 Å². The predicted octanol–water partition coefficient (Wildman–Crippen LogP) is 1.89. The molecule has 0 radical (unpaired) electrons. The van der Waals surface area contributed by atoms with Crippen LogP contribution >= 0.6 is 0 Å². The lowest BCUT2D eigenvalue weighted by molar-refractivity contribution is 0.0774. The molecule has 17 heavy (non-hydrogen) atoms. The number of rotatable bonds is 3. The molecule has 2 aromatic heterocycles. The average molecular weight is 233 g/mol. The Kier molecular flexibility index (Phi) is 2.99. The SMILES string of the molecule is Cc1n[nH]c(C)c1C(=O)N(C)Cc1ccco1. The second-order valence-corrected chi connectivity index (χ2v) is 4.05. The summed E-state index contributed by atoms with van der Waals surface area (Å²) in [6.45, 7) is 4.11. The van der Waals surface area contributed by atoms with Gasteiger partial charge in [-0.1, -0.05) is 0 Å². The van der Waals surface area contributed by atoms with Crippen molar-refractivity contribution in [3.8, 4) is 0 Å². The zero-order chi connectivity index (χ0) is 12.4. The van der Waals surface area contributed by atoms with Crippen LogP contribution in [0.4, 0.5) is 0 Å². The van der Waals surface area contributed by atoms with Gasteiger partial charge in [-0.15, -0.1) is 0 Å². The molecular formula is C12H15N3O2. The first kappa shape index (κ1) is 11.4. The van der Waals surface area contributed by atoms with Crippen molar-refractivity contribution < 1.29 is 9.21 Å². The molecule has 2 aromatic rings. The Morgan fingerprint density at radius 3 is 2.82 bits per heavy atom. The zero-order valence-corrected chi connectivity index (χ0v) is 10.2. The summed E-state index contributed by atoms with van der Waals surface area (Å²) in [6, 6.07) is 3.65. The van der Waals surface area contributed by atoms with E-state index < -0.39 is 0 Å². The molecule has 0 unspecified atom stereocenters. The number of furan rings is 1. The molecule has 0 aliphatic carbocycles. The lowest BCUT2D eigenvalue weighted by atomic mass is 10.1. The molecule has 0 fully saturated rings. The molecule has 0 atom stereocenters. The molecule has 0 aromatic carbocycles. The Labute approximate surface area is 99.4 Å². The van der Waals surface area contributed by atoms with Crippen LogP contribution in [0.25, 0.3) is 0 Å². The second kappa shape index (κ2) is 4.45. The van der Waals surface area contributed by atoms with Crippen molar-refractivity contribution in [2.75, 3.05) is 7.05 Å². The van der Waals surface area contributed by atoms with Crippen molar-refractivity contribution in [1.82, 2.24) is 15.1 Å². The van der Waals surface area contributed by atoms with Crippen LogP contribution in [0.5, 0.6) is 0 Å². The van der Waals surface area contributed by atoms with E-state index in [0.29, 0.717) is 12.1 Å². The smallest absolute Gasteiger partial charge is 0.257 e. The van der Waals surface area contributed by atoms with Crippen molar-refractivity contribution in [2.45, 2.75) is 20.4 Å². The molecule has 0 aliphatic heterocycles. The predicted molar refractivity (Wildman–Crippen MR) is 62.6 cm³/mol. The number of carbonyl (C=O) groups excluding carboxylic acids is 1. The van der Waals surface area contributed by atoms with Gasteiger partial charge in [0, 0.05) is 12.7 Å². The van der Waals surface area contributed by atoms with Gasteiger partial charge in [0.1, 0.15) is 5.76 Å². The van der Waals surface area contributed by atoms with Crippen molar-refractivity contribution >= 4 is 5.91 Å². The minimum absolute atomic E-state index is 0.0508. The fraction of sp³-hybridized carbons (Fsp3) is 0.333. The number of hydrogen-bond acceptors (Lipinski definition) is 3. The maximum atomic E-state index is 12.2. The van der Waals surface area contributed by atoms with Crippen LogP contribution < -0.4 is 0 Å². The summed E-state index contributed by atoms with van der Waals surface area (Å²) in [4.78, 5) is 13.8. The van der Waals surface area contributed by atoms with Gasteiger partial charge in [-0.2, -0.15) is 5.10 Å². The summed E-state index contributed by atoms with van der Waals surface area (Å²) in [5.74, 6) is 0.713. The Bertz CT molecular complexity index is 494. The molecule has 0 spiro atoms. The standard InChI is InChI=1S/C12H15N3O2/c1-8-11(9(2)14-13-8)12(16)15(3)7-10-5-4-6-17-10/h4-6H,7H2,1-3H3,(H,13,14). The van der Waals surface area contributed by atoms with Gasteiger partial charge in [0.15, 0.2) is 0 Å². The van der Waals surface area contributed by atoms with Crippen LogP contribution in [0.15, 0.2) is 22.8 Å². The largest absolute Gasteiger partial charge is 0.467 e. The molecule has 2 heterocycles. The van der Waals surface area contributed by atoms with Crippen molar-refractivity contribution in [3.63, 3.8) is 0 Å². The third-order valence-corrected chi connectivity index (χ3v) is 2.66. The number of aromatic amines is 1. The second-order valence-electron chi connectivity index (χ2n) is 4.05. The number of H-pyrrole nitrogens is 1. The van der Waals surface area contributed by atoms with E-state index in [1.54, 1.807) is 18.2 Å². The molecule has 1 amide bonds. The summed E-state index contributed by atoms with van der Waals surface area (Å²) >= 11 is 0. The highest BCUT2D eigenvalue weighted by molar-refractivity contribution is 5.96. The van der Waals surface area contributed by atoms with Crippen molar-refractivity contribution in [1.29, 1.82) is 0 Å². The third kappa shape index (κ3) is 2.22. The van der Waals surface area contributed by atoms with Gasteiger partial charge in [0.25, 0.3) is 5.91 Å². The molecule has 0 aliphatic rings. The Morgan fingerprint density at radius 2 is 2.29 bits per heavy atom. The Morgan fingerprint density at radius 1 is 1.53 bits per heavy atom. The van der Waals surface area contributed by atoms with E-state index in [1.807, 2.05) is 26.0 Å². The van der Waals surface area contributed by atoms with Gasteiger partial charge in [-0.3, -0.25) is 9.89 Å². The molecule has 1 N–H and O–H groups in total. The summed E-state index contributed by atoms with van der Waals surface area (Å²) in [7, 11) is 1.75. The van der Waals surface area contributed by atoms with Gasteiger partial charge < -0.3 is 9.32 Å². The first-order valence-corrected chi connectivity index (χ1v) is 5.39. The van der Waals surface area contributed by atoms with E-state index in [4.69, 9.17) is 4.42 Å². The molecule has 90 valence electrons. The molecule has 5 nitrogen and oxygen atoms in total. The van der Waals surface area contributed by atoms with Gasteiger partial charge in [-0.05, 0) is 26.0 Å². The van der Waals surface area contributed by atoms with Crippen LogP contribution in [-0.4, -0.2) is 28.1 Å². The average Bonchev–Trinajstić information content (AvgIpc) is 2.89. The normalized spacial score (nSPS) is 10.5. The fourth-order valence-corrected chi connectivity index (χ4v) is 1.76. The maximum Gasteiger partial charge on any atom is 0.257 e. The van der Waals surface area contributed by atoms with E-state index in [1.165, 1.54) is 0 Å². The fourth-order valence-electron chi connectivity index (χ4n) is 1.76. The first-order chi connectivity index (χ1) is 8.09. The van der Waals surface area contributed by atoms with Gasteiger partial charge in [0.2, 0.25) is 0 Å². The number of aromatic nitrogens is 2. The maximum absolute atomic E-state index is 12.2. The summed E-state index contributed by atoms with van der Waals surface area (Å²) < 4.78 is 5.21. The summed E-state index contributed by atoms with van der Waals surface area (Å²) in [5.41, 5.74) is 2.15. The van der Waals surface area contributed by atoms with E-state index in [0.717, 1.165) is 17.1 Å². The van der Waals surface area contributed by atoms with Gasteiger partial charge in [0.05, 0.1) is 24.1 Å². The zero-order valence-electron chi connectivity index (χ0n) is 10.2. The molecule has 0 saturated carbocycles. The molecule has 0 bridgehead atoms. The lowest BCUT2D eigenvalue weighted by Gasteiger charge is -2.15. The Hall–Kier alpha value is -2.04. The molecule has 5 heteroatoms. The number of aryl methyl sites for hydroxylation is 2. The van der Waals surface area contributed by atoms with E-state index in [-0.39, 0.29) is 5.91 Å². The van der Waals surface area contributed by atoms with Crippen LogP contribution in [0, 0.1) is 13.8 Å². The Balaban J connectivity index is 2.15. The monoisotopic (exact) mass is 233 g/mol. The first-order valence-electron chi connectivity index (χ1n) is 5.39. The number of hydrogen-bond donors (Lipinski definition) is 1. The van der Waals surface area contributed by atoms with Crippen molar-refractivity contribution in [2.24, 2.45) is 0 Å². The molecule has 2 rings (SSSR count). The minimum Gasteiger partial charge on any atom is -0.467 e. The van der Waals surface area contributed by atoms with Crippen LogP contribution in [0.2, 0.25) is 0 Å². The lowest BCUT2D eigenvalue weighted by Crippen LogP contribution is -2.26. The number of amides is 1. The molecule has 0 saturated heterocycles. The minimum atomic E-state index is -0.0508. The molecular weight excluding hydrogens is 218 g/mol. The van der Waals surface area contributed by atoms with Crippen LogP contribution in [0.1, 0.15) is 27.5 Å². The number of nitrogens with zero attached hydrogens (tertiary/aromatic N) is 2. The third-order valence-electron chi connectivity index (χ3n) is 2.66. The quantitative estimate of drug-likeness (QED) is 0.880. The van der Waals surface area contributed by atoms with Gasteiger partial charge in [-0.25, -0.2) is 0 Å². The van der Waals surface area contributed by atoms with E-state index in [2.05, 4.69) is 10.2 Å². The van der Waals surface area contributed by atoms with E-state index in [9.17, 15) is 4.79 Å². The van der Waals surface area contributed by atoms with Crippen LogP contribution in [-0.2, 0) is 6.54 Å². The highest BCUT2D eigenvalue weighted by Crippen LogP contribution is 2.13. The van der Waals surface area contributed by atoms with Gasteiger partial charge >= 0.3 is 0 Å². The summed E-state index contributed by atoms with van der Waals surface area (Å²) in [6.07, 6.45) is 1.60. The highest BCUT2D eigenvalue weighted by Gasteiger charge is 2.19. The number of nitrogens with one attached hydrogen (secondary N) is 1. The topological polar surface area (TPSA) is 62.1 Å².